The molecule has 1 aromatic heterocycles. The maximum atomic E-state index is 4.87. The lowest BCUT2D eigenvalue weighted by Crippen LogP contribution is -2.43. The molecule has 0 radical (unpaired) electrons. The number of hydrogen-bond donors (Lipinski definition) is 1. The number of nitrogens with one attached hydrogen (secondary N) is 1. The van der Waals surface area contributed by atoms with Crippen molar-refractivity contribution < 1.29 is 0 Å². The van der Waals surface area contributed by atoms with Gasteiger partial charge in [-0.25, -0.2) is 4.99 Å². The first-order chi connectivity index (χ1) is 13.1. The van der Waals surface area contributed by atoms with Crippen LogP contribution in [0.1, 0.15) is 55.4 Å². The number of rotatable bonds is 6. The van der Waals surface area contributed by atoms with Gasteiger partial charge in [0, 0.05) is 26.7 Å². The molecule has 1 aliphatic rings. The average molecular weight is 496 g/mol. The lowest BCUT2D eigenvalue weighted by atomic mass is 10.1. The minimum atomic E-state index is 0. The van der Waals surface area contributed by atoms with E-state index in [-0.39, 0.29) is 24.0 Å². The van der Waals surface area contributed by atoms with E-state index in [1.165, 1.54) is 36.8 Å². The summed E-state index contributed by atoms with van der Waals surface area (Å²) in [6, 6.07) is 9.39. The Hall–Kier alpha value is -1.64. The molecule has 1 saturated carbocycles. The molecule has 0 aliphatic heterocycles. The summed E-state index contributed by atoms with van der Waals surface area (Å²) in [5.74, 6) is 2.75. The van der Waals surface area contributed by atoms with Crippen LogP contribution in [0.2, 0.25) is 0 Å². The Kier molecular flexibility index (Phi) is 8.72. The van der Waals surface area contributed by atoms with Gasteiger partial charge in [0.2, 0.25) is 0 Å². The predicted molar refractivity (Wildman–Crippen MR) is 125 cm³/mol. The van der Waals surface area contributed by atoms with Gasteiger partial charge in [-0.05, 0) is 37.3 Å². The summed E-state index contributed by atoms with van der Waals surface area (Å²) in [6.45, 7) is 5.52. The Morgan fingerprint density at radius 1 is 1.18 bits per heavy atom. The molecule has 1 fully saturated rings. The van der Waals surface area contributed by atoms with Crippen LogP contribution in [-0.2, 0) is 26.6 Å². The molecule has 154 valence electrons. The van der Waals surface area contributed by atoms with Crippen molar-refractivity contribution in [3.63, 3.8) is 0 Å². The molecule has 0 bridgehead atoms. The minimum Gasteiger partial charge on any atom is -0.353 e. The molecule has 1 heterocycles. The van der Waals surface area contributed by atoms with E-state index in [1.807, 2.05) is 18.5 Å². The van der Waals surface area contributed by atoms with Crippen LogP contribution in [0.25, 0.3) is 0 Å². The fraction of sp³-hybridized carbons (Fsp3) is 0.571. The number of nitrogens with zero attached hydrogens (tertiary/aromatic N) is 5. The highest BCUT2D eigenvalue weighted by Crippen LogP contribution is 2.18. The molecule has 7 heteroatoms. The van der Waals surface area contributed by atoms with Crippen LogP contribution in [0.5, 0.6) is 0 Å². The van der Waals surface area contributed by atoms with Crippen LogP contribution >= 0.6 is 24.0 Å². The third-order valence-electron chi connectivity index (χ3n) is 5.45. The van der Waals surface area contributed by atoms with Crippen LogP contribution in [0.4, 0.5) is 0 Å². The van der Waals surface area contributed by atoms with Gasteiger partial charge in [0.05, 0.1) is 0 Å². The Balaban J connectivity index is 0.00000280. The summed E-state index contributed by atoms with van der Waals surface area (Å²) in [7, 11) is 4.10. The summed E-state index contributed by atoms with van der Waals surface area (Å²) in [4.78, 5) is 7.08. The monoisotopic (exact) mass is 496 g/mol. The normalized spacial score (nSPS) is 14.8. The van der Waals surface area contributed by atoms with Crippen molar-refractivity contribution in [2.24, 2.45) is 12.0 Å². The van der Waals surface area contributed by atoms with E-state index >= 15 is 0 Å². The molecule has 6 nitrogen and oxygen atoms in total. The Morgan fingerprint density at radius 2 is 1.82 bits per heavy atom. The quantitative estimate of drug-likeness (QED) is 0.375. The molecule has 0 amide bonds. The molecule has 1 N–H and O–H groups in total. The number of benzene rings is 1. The summed E-state index contributed by atoms with van der Waals surface area (Å²) >= 11 is 0. The van der Waals surface area contributed by atoms with Crippen molar-refractivity contribution in [3.8, 4) is 0 Å². The molecular formula is C21H33IN6. The van der Waals surface area contributed by atoms with Crippen molar-refractivity contribution in [2.45, 2.75) is 65.1 Å². The standard InChI is InChI=1S/C21H32N6.HI/c1-5-17-10-12-18(13-11-17)15-26(3)21(23-19-8-6-7-9-19)22-14-20-25-24-16(2)27(20)4;/h10-13,19H,5-9,14-15H2,1-4H3,(H,22,23);1H. The zero-order valence-electron chi connectivity index (χ0n) is 17.5. The van der Waals surface area contributed by atoms with E-state index in [0.717, 1.165) is 30.6 Å². The van der Waals surface area contributed by atoms with Gasteiger partial charge < -0.3 is 14.8 Å². The smallest absolute Gasteiger partial charge is 0.194 e. The zero-order valence-corrected chi connectivity index (χ0v) is 19.8. The van der Waals surface area contributed by atoms with Gasteiger partial charge >= 0.3 is 0 Å². The van der Waals surface area contributed by atoms with Crippen LogP contribution < -0.4 is 5.32 Å². The molecule has 0 atom stereocenters. The molecular weight excluding hydrogens is 463 g/mol. The maximum absolute atomic E-state index is 4.87. The molecule has 0 saturated heterocycles. The van der Waals surface area contributed by atoms with Gasteiger partial charge in [0.25, 0.3) is 0 Å². The van der Waals surface area contributed by atoms with Gasteiger partial charge in [0.1, 0.15) is 12.4 Å². The van der Waals surface area contributed by atoms with Crippen LogP contribution in [0.15, 0.2) is 29.3 Å². The third-order valence-corrected chi connectivity index (χ3v) is 5.45. The number of halogens is 1. The second-order valence-electron chi connectivity index (χ2n) is 7.51. The predicted octanol–water partition coefficient (Wildman–Crippen LogP) is 3.82. The van der Waals surface area contributed by atoms with Crippen molar-refractivity contribution in [1.82, 2.24) is 25.0 Å². The van der Waals surface area contributed by atoms with Crippen molar-refractivity contribution in [3.05, 3.63) is 47.0 Å². The van der Waals surface area contributed by atoms with Crippen LogP contribution in [0, 0.1) is 6.92 Å². The van der Waals surface area contributed by atoms with E-state index < -0.39 is 0 Å². The van der Waals surface area contributed by atoms with Gasteiger partial charge in [-0.2, -0.15) is 0 Å². The fourth-order valence-electron chi connectivity index (χ4n) is 3.49. The van der Waals surface area contributed by atoms with Crippen LogP contribution in [0.3, 0.4) is 0 Å². The zero-order chi connectivity index (χ0) is 19.2. The largest absolute Gasteiger partial charge is 0.353 e. The van der Waals surface area contributed by atoms with Crippen molar-refractivity contribution in [2.75, 3.05) is 7.05 Å². The summed E-state index contributed by atoms with van der Waals surface area (Å²) in [5.41, 5.74) is 2.67. The van der Waals surface area contributed by atoms with Crippen molar-refractivity contribution >= 4 is 29.9 Å². The molecule has 2 aromatic rings. The molecule has 28 heavy (non-hydrogen) atoms. The molecule has 0 unspecified atom stereocenters. The van der Waals surface area contributed by atoms with Crippen LogP contribution in [-0.4, -0.2) is 38.7 Å². The van der Waals surface area contributed by atoms with E-state index in [2.05, 4.69) is 58.7 Å². The summed E-state index contributed by atoms with van der Waals surface area (Å²) in [5, 5.41) is 12.1. The number of hydrogen-bond acceptors (Lipinski definition) is 3. The van der Waals surface area contributed by atoms with E-state index in [0.29, 0.717) is 12.6 Å². The first kappa shape index (κ1) is 22.6. The molecule has 0 spiro atoms. The lowest BCUT2D eigenvalue weighted by Gasteiger charge is -2.25. The molecule has 1 aromatic carbocycles. The number of guanidine groups is 1. The van der Waals surface area contributed by atoms with Crippen molar-refractivity contribution in [1.29, 1.82) is 0 Å². The summed E-state index contributed by atoms with van der Waals surface area (Å²) < 4.78 is 2.00. The minimum absolute atomic E-state index is 0. The van der Waals surface area contributed by atoms with Gasteiger partial charge in [0.15, 0.2) is 11.8 Å². The Labute approximate surface area is 185 Å². The first-order valence-corrected chi connectivity index (χ1v) is 10.0. The average Bonchev–Trinajstić information content (AvgIpc) is 3.30. The fourth-order valence-corrected chi connectivity index (χ4v) is 3.49. The Morgan fingerprint density at radius 3 is 2.39 bits per heavy atom. The highest BCUT2D eigenvalue weighted by molar-refractivity contribution is 14.0. The highest BCUT2D eigenvalue weighted by atomic mass is 127. The SMILES string of the molecule is CCc1ccc(CN(C)C(=NCc2nnc(C)n2C)NC2CCCC2)cc1.I. The number of aryl methyl sites for hydroxylation is 2. The number of aliphatic imine (C=N–C) groups is 1. The Bertz CT molecular complexity index is 762. The maximum Gasteiger partial charge on any atom is 0.194 e. The molecule has 1 aliphatic carbocycles. The van der Waals surface area contributed by atoms with Gasteiger partial charge in [-0.1, -0.05) is 44.0 Å². The van der Waals surface area contributed by atoms with E-state index in [4.69, 9.17) is 4.99 Å². The first-order valence-electron chi connectivity index (χ1n) is 10.0. The van der Waals surface area contributed by atoms with E-state index in [1.54, 1.807) is 0 Å². The lowest BCUT2D eigenvalue weighted by molar-refractivity contribution is 0.456. The second kappa shape index (κ2) is 10.8. The number of aromatic nitrogens is 3. The van der Waals surface area contributed by atoms with Gasteiger partial charge in [-0.15, -0.1) is 34.2 Å². The second-order valence-corrected chi connectivity index (χ2v) is 7.51. The van der Waals surface area contributed by atoms with Gasteiger partial charge in [-0.3, -0.25) is 0 Å². The van der Waals surface area contributed by atoms with E-state index in [9.17, 15) is 0 Å². The molecule has 3 rings (SSSR count). The third kappa shape index (κ3) is 5.93. The summed E-state index contributed by atoms with van der Waals surface area (Å²) in [6.07, 6.45) is 6.12. The topological polar surface area (TPSA) is 58.3 Å². The highest BCUT2D eigenvalue weighted by Gasteiger charge is 2.18.